The van der Waals surface area contributed by atoms with Crippen LogP contribution in [0.25, 0.3) is 0 Å². The Morgan fingerprint density at radius 3 is 2.80 bits per heavy atom. The molecule has 1 atom stereocenters. The fourth-order valence-corrected chi connectivity index (χ4v) is 3.28. The molecule has 2 N–H and O–H groups in total. The normalized spacial score (nSPS) is 21.1. The Bertz CT molecular complexity index is 550. The van der Waals surface area contributed by atoms with Crippen molar-refractivity contribution in [1.29, 1.82) is 0 Å². The second kappa shape index (κ2) is 5.83. The topological polar surface area (TPSA) is 76.0 Å². The quantitative estimate of drug-likeness (QED) is 0.697. The highest BCUT2D eigenvalue weighted by Gasteiger charge is 2.45. The highest BCUT2D eigenvalue weighted by molar-refractivity contribution is 7.89. The molecule has 1 aromatic rings. The van der Waals surface area contributed by atoms with Crippen LogP contribution in [-0.2, 0) is 16.6 Å². The zero-order valence-electron chi connectivity index (χ0n) is 12.4. The molecule has 0 saturated heterocycles. The van der Waals surface area contributed by atoms with Gasteiger partial charge in [-0.3, -0.25) is 4.68 Å². The lowest BCUT2D eigenvalue weighted by Gasteiger charge is -2.06. The highest BCUT2D eigenvalue weighted by atomic mass is 32.2. The minimum absolute atomic E-state index is 0.250. The fraction of sp³-hybridized carbons (Fsp3) is 0.769. The van der Waals surface area contributed by atoms with E-state index in [0.717, 1.165) is 19.4 Å². The Balaban J connectivity index is 1.89. The minimum Gasteiger partial charge on any atom is -0.320 e. The summed E-state index contributed by atoms with van der Waals surface area (Å²) in [6, 6.07) is 0. The molecule has 0 aliphatic heterocycles. The van der Waals surface area contributed by atoms with Crippen molar-refractivity contribution in [2.75, 3.05) is 20.1 Å². The summed E-state index contributed by atoms with van der Waals surface area (Å²) in [5.41, 5.74) is 0.278. The van der Waals surface area contributed by atoms with Gasteiger partial charge in [-0.05, 0) is 37.8 Å². The molecule has 114 valence electrons. The first-order valence-electron chi connectivity index (χ1n) is 7.02. The molecule has 0 radical (unpaired) electrons. The van der Waals surface area contributed by atoms with Gasteiger partial charge in [0.05, 0.1) is 6.20 Å². The molecule has 1 fully saturated rings. The molecule has 0 spiro atoms. The van der Waals surface area contributed by atoms with Crippen molar-refractivity contribution in [3.05, 3.63) is 12.4 Å². The summed E-state index contributed by atoms with van der Waals surface area (Å²) in [5.74, 6) is 0.447. The first-order valence-corrected chi connectivity index (χ1v) is 8.50. The lowest BCUT2D eigenvalue weighted by Crippen LogP contribution is -2.26. The first-order chi connectivity index (χ1) is 9.35. The molecule has 0 amide bonds. The zero-order valence-corrected chi connectivity index (χ0v) is 13.2. The standard InChI is InChI=1S/C13H24N4O2S/c1-13(2)7-11(13)8-16-20(18,19)12-9-15-17(10-12)6-4-5-14-3/h9-11,14,16H,4-8H2,1-3H3. The van der Waals surface area contributed by atoms with Gasteiger partial charge >= 0.3 is 0 Å². The van der Waals surface area contributed by atoms with Gasteiger partial charge in [0.15, 0.2) is 0 Å². The number of aryl methyl sites for hydroxylation is 1. The summed E-state index contributed by atoms with van der Waals surface area (Å²) < 4.78 is 28.6. The molecule has 20 heavy (non-hydrogen) atoms. The summed E-state index contributed by atoms with van der Waals surface area (Å²) in [5, 5.41) is 7.15. The number of nitrogens with one attached hydrogen (secondary N) is 2. The molecule has 2 rings (SSSR count). The van der Waals surface area contributed by atoms with E-state index >= 15 is 0 Å². The zero-order chi connectivity index (χ0) is 14.8. The average Bonchev–Trinajstić information content (AvgIpc) is 2.77. The van der Waals surface area contributed by atoms with Crippen molar-refractivity contribution in [3.8, 4) is 0 Å². The molecule has 0 bridgehead atoms. The summed E-state index contributed by atoms with van der Waals surface area (Å²) in [6.45, 7) is 6.43. The van der Waals surface area contributed by atoms with Crippen molar-refractivity contribution < 1.29 is 8.42 Å². The van der Waals surface area contributed by atoms with Gasteiger partial charge in [0.1, 0.15) is 4.90 Å². The number of hydrogen-bond acceptors (Lipinski definition) is 4. The van der Waals surface area contributed by atoms with E-state index in [9.17, 15) is 8.42 Å². The average molecular weight is 300 g/mol. The van der Waals surface area contributed by atoms with Gasteiger partial charge < -0.3 is 5.32 Å². The minimum atomic E-state index is -3.42. The third-order valence-electron chi connectivity index (χ3n) is 3.97. The molecule has 0 aromatic carbocycles. The van der Waals surface area contributed by atoms with Gasteiger partial charge in [-0.1, -0.05) is 13.8 Å². The number of rotatable bonds is 8. The van der Waals surface area contributed by atoms with Gasteiger partial charge in [0.2, 0.25) is 10.0 Å². The van der Waals surface area contributed by atoms with Crippen molar-refractivity contribution in [2.45, 2.75) is 38.1 Å². The predicted octanol–water partition coefficient (Wildman–Crippen LogP) is 0.817. The van der Waals surface area contributed by atoms with Crippen LogP contribution in [0.15, 0.2) is 17.3 Å². The summed E-state index contributed by atoms with van der Waals surface area (Å²) in [4.78, 5) is 0.250. The second-order valence-corrected chi connectivity index (χ2v) is 7.90. The predicted molar refractivity (Wildman–Crippen MR) is 77.8 cm³/mol. The lowest BCUT2D eigenvalue weighted by molar-refractivity contribution is 0.537. The molecule has 1 unspecified atom stereocenters. The van der Waals surface area contributed by atoms with Crippen LogP contribution in [0.1, 0.15) is 26.7 Å². The Morgan fingerprint density at radius 2 is 2.20 bits per heavy atom. The first kappa shape index (κ1) is 15.5. The van der Waals surface area contributed by atoms with Crippen molar-refractivity contribution in [2.24, 2.45) is 11.3 Å². The molecule has 6 nitrogen and oxygen atoms in total. The lowest BCUT2D eigenvalue weighted by atomic mass is 10.1. The van der Waals surface area contributed by atoms with Gasteiger partial charge in [0, 0.05) is 19.3 Å². The number of nitrogens with zero attached hydrogens (tertiary/aromatic N) is 2. The van der Waals surface area contributed by atoms with Crippen molar-refractivity contribution >= 4 is 10.0 Å². The third-order valence-corrected chi connectivity index (χ3v) is 5.35. The Labute approximate surface area is 121 Å². The van der Waals surface area contributed by atoms with Crippen LogP contribution >= 0.6 is 0 Å². The number of aromatic nitrogens is 2. The molecule has 7 heteroatoms. The monoisotopic (exact) mass is 300 g/mol. The van der Waals surface area contributed by atoms with E-state index in [1.807, 2.05) is 7.05 Å². The summed E-state index contributed by atoms with van der Waals surface area (Å²) in [6.07, 6.45) is 5.01. The van der Waals surface area contributed by atoms with Crippen molar-refractivity contribution in [1.82, 2.24) is 19.8 Å². The van der Waals surface area contributed by atoms with E-state index < -0.39 is 10.0 Å². The Morgan fingerprint density at radius 1 is 1.50 bits per heavy atom. The number of hydrogen-bond donors (Lipinski definition) is 2. The molecule has 1 saturated carbocycles. The van der Waals surface area contributed by atoms with Gasteiger partial charge in [-0.2, -0.15) is 5.10 Å². The van der Waals surface area contributed by atoms with Crippen LogP contribution in [0.4, 0.5) is 0 Å². The van der Waals surface area contributed by atoms with E-state index in [0.29, 0.717) is 19.0 Å². The SMILES string of the molecule is CNCCCn1cc(S(=O)(=O)NCC2CC2(C)C)cn1. The van der Waals surface area contributed by atoms with Gasteiger partial charge in [0.25, 0.3) is 0 Å². The summed E-state index contributed by atoms with van der Waals surface area (Å²) in [7, 11) is -1.53. The van der Waals surface area contributed by atoms with E-state index in [-0.39, 0.29) is 10.3 Å². The van der Waals surface area contributed by atoms with E-state index in [2.05, 4.69) is 29.0 Å². The van der Waals surface area contributed by atoms with Crippen LogP contribution < -0.4 is 10.0 Å². The van der Waals surface area contributed by atoms with Gasteiger partial charge in [-0.15, -0.1) is 0 Å². The van der Waals surface area contributed by atoms with Crippen LogP contribution in [0.5, 0.6) is 0 Å². The van der Waals surface area contributed by atoms with Gasteiger partial charge in [-0.25, -0.2) is 13.1 Å². The maximum Gasteiger partial charge on any atom is 0.243 e. The van der Waals surface area contributed by atoms with E-state index in [1.54, 1.807) is 10.9 Å². The van der Waals surface area contributed by atoms with Crippen LogP contribution in [0.2, 0.25) is 0 Å². The molecule has 1 aromatic heterocycles. The second-order valence-electron chi connectivity index (χ2n) is 6.14. The highest BCUT2D eigenvalue weighted by Crippen LogP contribution is 2.51. The van der Waals surface area contributed by atoms with E-state index in [1.165, 1.54) is 6.20 Å². The molecular weight excluding hydrogens is 276 g/mol. The maximum absolute atomic E-state index is 12.1. The molecule has 1 aliphatic carbocycles. The fourth-order valence-electron chi connectivity index (χ4n) is 2.24. The van der Waals surface area contributed by atoms with Crippen LogP contribution in [0.3, 0.4) is 0 Å². The molecular formula is C13H24N4O2S. The third kappa shape index (κ3) is 3.80. The maximum atomic E-state index is 12.1. The Hall–Kier alpha value is -0.920. The molecule has 1 aliphatic rings. The number of sulfonamides is 1. The van der Waals surface area contributed by atoms with Crippen LogP contribution in [0, 0.1) is 11.3 Å². The molecule has 1 heterocycles. The van der Waals surface area contributed by atoms with Crippen LogP contribution in [-0.4, -0.2) is 38.3 Å². The summed E-state index contributed by atoms with van der Waals surface area (Å²) >= 11 is 0. The van der Waals surface area contributed by atoms with E-state index in [4.69, 9.17) is 0 Å². The van der Waals surface area contributed by atoms with Crippen molar-refractivity contribution in [3.63, 3.8) is 0 Å². The Kier molecular flexibility index (Phi) is 4.51. The largest absolute Gasteiger partial charge is 0.320 e. The smallest absolute Gasteiger partial charge is 0.243 e.